The number of hydrogen-bond acceptors (Lipinski definition) is 2. The molecule has 1 N–H and O–H groups in total. The Labute approximate surface area is 79.2 Å². The lowest BCUT2D eigenvalue weighted by molar-refractivity contribution is -0.0830. The van der Waals surface area contributed by atoms with Crippen molar-refractivity contribution in [1.82, 2.24) is 10.2 Å². The highest BCUT2D eigenvalue weighted by atomic mass is 16.5. The maximum atomic E-state index is 11.4. The fraction of sp³-hybridized carbons (Fsp3) is 0.889. The molecular formula is C9H18N2O2. The number of nitrogens with zero attached hydrogens (tertiary/aromatic N) is 1. The van der Waals surface area contributed by atoms with E-state index in [1.807, 2.05) is 25.7 Å². The van der Waals surface area contributed by atoms with E-state index in [2.05, 4.69) is 5.32 Å². The quantitative estimate of drug-likeness (QED) is 0.608. The molecule has 0 saturated carbocycles. The van der Waals surface area contributed by atoms with Crippen LogP contribution in [-0.2, 0) is 4.74 Å². The summed E-state index contributed by atoms with van der Waals surface area (Å²) in [5.74, 6) is 0. The van der Waals surface area contributed by atoms with Crippen LogP contribution in [0.25, 0.3) is 0 Å². The highest BCUT2D eigenvalue weighted by Gasteiger charge is 2.31. The minimum Gasteiger partial charge on any atom is -0.372 e. The zero-order chi connectivity index (χ0) is 10.0. The van der Waals surface area contributed by atoms with Gasteiger partial charge >= 0.3 is 6.03 Å². The predicted octanol–water partition coefficient (Wildman–Crippen LogP) is 0.823. The Morgan fingerprint density at radius 3 is 2.62 bits per heavy atom. The summed E-state index contributed by atoms with van der Waals surface area (Å²) in [5, 5.41) is 2.64. The largest absolute Gasteiger partial charge is 0.372 e. The molecule has 0 spiro atoms. The number of morpholine rings is 1. The number of amides is 2. The van der Waals surface area contributed by atoms with Crippen molar-refractivity contribution in [3.63, 3.8) is 0 Å². The first-order chi connectivity index (χ1) is 6.06. The van der Waals surface area contributed by atoms with E-state index in [1.165, 1.54) is 0 Å². The number of ether oxygens (including phenoxy) is 1. The Kier molecular flexibility index (Phi) is 3.14. The van der Waals surface area contributed by atoms with Gasteiger partial charge in [-0.05, 0) is 20.8 Å². The molecule has 4 heteroatoms. The molecule has 0 aromatic carbocycles. The third kappa shape index (κ3) is 2.12. The first-order valence-corrected chi connectivity index (χ1v) is 4.70. The SMILES string of the molecule is CNC(=O)N1CC(C)OC(C)C1C. The number of rotatable bonds is 0. The standard InChI is InChI=1S/C9H18N2O2/c1-6-5-11(9(12)10-4)7(2)8(3)13-6/h6-8H,5H2,1-4H3,(H,10,12). The Morgan fingerprint density at radius 2 is 2.08 bits per heavy atom. The Hall–Kier alpha value is -0.770. The van der Waals surface area contributed by atoms with E-state index in [0.717, 1.165) is 0 Å². The summed E-state index contributed by atoms with van der Waals surface area (Å²) in [6.07, 6.45) is 0.240. The van der Waals surface area contributed by atoms with Crippen molar-refractivity contribution >= 4 is 6.03 Å². The van der Waals surface area contributed by atoms with Crippen LogP contribution in [0, 0.1) is 0 Å². The summed E-state index contributed by atoms with van der Waals surface area (Å²) in [6, 6.07) is 0.130. The molecule has 1 aliphatic rings. The number of hydrogen-bond donors (Lipinski definition) is 1. The normalized spacial score (nSPS) is 34.5. The molecule has 2 amide bonds. The molecule has 0 aromatic rings. The fourth-order valence-corrected chi connectivity index (χ4v) is 1.63. The van der Waals surface area contributed by atoms with E-state index in [0.29, 0.717) is 6.54 Å². The van der Waals surface area contributed by atoms with Crippen molar-refractivity contribution in [3.05, 3.63) is 0 Å². The zero-order valence-corrected chi connectivity index (χ0v) is 8.70. The first kappa shape index (κ1) is 10.3. The van der Waals surface area contributed by atoms with Crippen LogP contribution in [0.15, 0.2) is 0 Å². The van der Waals surface area contributed by atoms with Gasteiger partial charge in [0, 0.05) is 13.6 Å². The van der Waals surface area contributed by atoms with Gasteiger partial charge in [0.15, 0.2) is 0 Å². The van der Waals surface area contributed by atoms with Crippen LogP contribution >= 0.6 is 0 Å². The predicted molar refractivity (Wildman–Crippen MR) is 50.6 cm³/mol. The van der Waals surface area contributed by atoms with Gasteiger partial charge in [0.1, 0.15) is 0 Å². The maximum Gasteiger partial charge on any atom is 0.317 e. The molecule has 3 atom stereocenters. The average Bonchev–Trinajstić information content (AvgIpc) is 2.10. The van der Waals surface area contributed by atoms with Crippen molar-refractivity contribution in [2.24, 2.45) is 0 Å². The molecular weight excluding hydrogens is 168 g/mol. The van der Waals surface area contributed by atoms with E-state index in [4.69, 9.17) is 4.74 Å². The lowest BCUT2D eigenvalue weighted by Crippen LogP contribution is -2.56. The van der Waals surface area contributed by atoms with E-state index in [1.54, 1.807) is 7.05 Å². The minimum atomic E-state index is -0.0190. The average molecular weight is 186 g/mol. The van der Waals surface area contributed by atoms with Crippen LogP contribution in [0.1, 0.15) is 20.8 Å². The molecule has 1 saturated heterocycles. The van der Waals surface area contributed by atoms with Gasteiger partial charge in [0.2, 0.25) is 0 Å². The van der Waals surface area contributed by atoms with E-state index in [9.17, 15) is 4.79 Å². The van der Waals surface area contributed by atoms with E-state index < -0.39 is 0 Å². The second kappa shape index (κ2) is 3.96. The second-order valence-electron chi connectivity index (χ2n) is 3.60. The van der Waals surface area contributed by atoms with Crippen molar-refractivity contribution in [2.45, 2.75) is 39.0 Å². The van der Waals surface area contributed by atoms with Crippen molar-refractivity contribution in [1.29, 1.82) is 0 Å². The van der Waals surface area contributed by atoms with Gasteiger partial charge in [0.25, 0.3) is 0 Å². The molecule has 1 fully saturated rings. The molecule has 13 heavy (non-hydrogen) atoms. The van der Waals surface area contributed by atoms with Crippen LogP contribution < -0.4 is 5.32 Å². The minimum absolute atomic E-state index is 0.0190. The fourth-order valence-electron chi connectivity index (χ4n) is 1.63. The third-order valence-corrected chi connectivity index (χ3v) is 2.55. The summed E-state index contributed by atoms with van der Waals surface area (Å²) in [4.78, 5) is 13.2. The molecule has 4 nitrogen and oxygen atoms in total. The molecule has 0 aliphatic carbocycles. The Bertz CT molecular complexity index is 196. The lowest BCUT2D eigenvalue weighted by Gasteiger charge is -2.40. The van der Waals surface area contributed by atoms with Gasteiger partial charge in [-0.3, -0.25) is 0 Å². The van der Waals surface area contributed by atoms with E-state index in [-0.39, 0.29) is 24.3 Å². The zero-order valence-electron chi connectivity index (χ0n) is 8.70. The highest BCUT2D eigenvalue weighted by Crippen LogP contribution is 2.17. The first-order valence-electron chi connectivity index (χ1n) is 4.70. The van der Waals surface area contributed by atoms with Gasteiger partial charge < -0.3 is 15.0 Å². The summed E-state index contributed by atoms with van der Waals surface area (Å²) >= 11 is 0. The monoisotopic (exact) mass is 186 g/mol. The number of nitrogens with one attached hydrogen (secondary N) is 1. The molecule has 76 valence electrons. The smallest absolute Gasteiger partial charge is 0.317 e. The lowest BCUT2D eigenvalue weighted by atomic mass is 10.1. The molecule has 0 aromatic heterocycles. The van der Waals surface area contributed by atoms with Gasteiger partial charge in [0.05, 0.1) is 18.2 Å². The molecule has 1 heterocycles. The number of carbonyl (C=O) groups is 1. The molecule has 3 unspecified atom stereocenters. The topological polar surface area (TPSA) is 41.6 Å². The van der Waals surface area contributed by atoms with Crippen molar-refractivity contribution in [2.75, 3.05) is 13.6 Å². The molecule has 0 bridgehead atoms. The van der Waals surface area contributed by atoms with Crippen molar-refractivity contribution in [3.8, 4) is 0 Å². The molecule has 1 rings (SSSR count). The second-order valence-corrected chi connectivity index (χ2v) is 3.60. The molecule has 0 radical (unpaired) electrons. The van der Waals surface area contributed by atoms with Gasteiger partial charge in [-0.15, -0.1) is 0 Å². The van der Waals surface area contributed by atoms with Crippen LogP contribution in [0.3, 0.4) is 0 Å². The van der Waals surface area contributed by atoms with Gasteiger partial charge in [-0.1, -0.05) is 0 Å². The Balaban J connectivity index is 2.66. The van der Waals surface area contributed by atoms with Crippen LogP contribution in [-0.4, -0.2) is 42.8 Å². The summed E-state index contributed by atoms with van der Waals surface area (Å²) in [6.45, 7) is 6.66. The van der Waals surface area contributed by atoms with Crippen LogP contribution in [0.5, 0.6) is 0 Å². The highest BCUT2D eigenvalue weighted by molar-refractivity contribution is 5.74. The van der Waals surface area contributed by atoms with E-state index >= 15 is 0 Å². The van der Waals surface area contributed by atoms with Gasteiger partial charge in [-0.2, -0.15) is 0 Å². The maximum absolute atomic E-state index is 11.4. The van der Waals surface area contributed by atoms with Crippen molar-refractivity contribution < 1.29 is 9.53 Å². The third-order valence-electron chi connectivity index (χ3n) is 2.55. The number of urea groups is 1. The summed E-state index contributed by atoms with van der Waals surface area (Å²) in [5.41, 5.74) is 0. The van der Waals surface area contributed by atoms with Crippen LogP contribution in [0.2, 0.25) is 0 Å². The van der Waals surface area contributed by atoms with Crippen LogP contribution in [0.4, 0.5) is 4.79 Å². The molecule has 1 aliphatic heterocycles. The summed E-state index contributed by atoms with van der Waals surface area (Å²) < 4.78 is 5.60. The number of carbonyl (C=O) groups excluding carboxylic acids is 1. The van der Waals surface area contributed by atoms with Gasteiger partial charge in [-0.25, -0.2) is 4.79 Å². The summed E-state index contributed by atoms with van der Waals surface area (Å²) in [7, 11) is 1.65. The Morgan fingerprint density at radius 1 is 1.46 bits per heavy atom.